The maximum absolute atomic E-state index is 6.61. The zero-order chi connectivity index (χ0) is 24.4. The highest BCUT2D eigenvalue weighted by atomic mass is 16.5. The summed E-state index contributed by atoms with van der Waals surface area (Å²) in [7, 11) is 2.26. The quantitative estimate of drug-likeness (QED) is 0.399. The topological polar surface area (TPSA) is 21.3 Å². The molecule has 180 valence electrons. The van der Waals surface area contributed by atoms with Gasteiger partial charge in [-0.25, -0.2) is 4.57 Å². The second-order valence-corrected chi connectivity index (χ2v) is 12.3. The first-order chi connectivity index (χ1) is 15.9. The number of ether oxygens (including phenoxy) is 1. The third kappa shape index (κ3) is 2.45. The van der Waals surface area contributed by atoms with E-state index >= 15 is 0 Å². The van der Waals surface area contributed by atoms with Crippen molar-refractivity contribution in [1.29, 1.82) is 0 Å². The summed E-state index contributed by atoms with van der Waals surface area (Å²) < 4.78 is 12.0. The Bertz CT molecular complexity index is 1350. The van der Waals surface area contributed by atoms with E-state index in [1.54, 1.807) is 0 Å². The molecule has 2 aromatic carbocycles. The molecule has 0 bridgehead atoms. The molecule has 6 rings (SSSR count). The number of hydrogen-bond acceptors (Lipinski definition) is 2. The van der Waals surface area contributed by atoms with Crippen molar-refractivity contribution >= 4 is 16.7 Å². The molecule has 0 spiro atoms. The molecule has 0 radical (unpaired) electrons. The molecule has 34 heavy (non-hydrogen) atoms. The molecular formula is C30H40N3O+. The molecule has 3 aliphatic rings. The van der Waals surface area contributed by atoms with Crippen molar-refractivity contribution < 1.29 is 9.30 Å². The summed E-state index contributed by atoms with van der Waals surface area (Å²) in [6, 6.07) is 11.9. The van der Waals surface area contributed by atoms with Crippen LogP contribution in [0.15, 0.2) is 30.3 Å². The van der Waals surface area contributed by atoms with Crippen LogP contribution in [0.2, 0.25) is 0 Å². The molecule has 4 heteroatoms. The van der Waals surface area contributed by atoms with Crippen molar-refractivity contribution in [2.75, 3.05) is 11.9 Å². The largest absolute Gasteiger partial charge is 0.360 e. The van der Waals surface area contributed by atoms with Crippen molar-refractivity contribution in [1.82, 2.24) is 4.57 Å². The standard InChI is InChI=1S/C30H40N3O/c1-10-30(11-2)16-15-19-13-12-14-22-25(19)26-32(29(7,8)31(22)9)23-17-20-21(18-24(23)33(26)30)28(5,6)34-27(20,3)4/h12-14,17-18H,10-11,15-16H2,1-9H3/q+1. The van der Waals surface area contributed by atoms with Gasteiger partial charge in [0.05, 0.1) is 22.5 Å². The molecule has 3 aliphatic heterocycles. The summed E-state index contributed by atoms with van der Waals surface area (Å²) in [5.74, 6) is 1.39. The predicted molar refractivity (Wildman–Crippen MR) is 139 cm³/mol. The number of imidazole rings is 1. The Morgan fingerprint density at radius 2 is 1.59 bits per heavy atom. The molecule has 0 fully saturated rings. The molecule has 1 aromatic heterocycles. The Balaban J connectivity index is 1.87. The zero-order valence-corrected chi connectivity index (χ0v) is 22.5. The Hall–Kier alpha value is -2.33. The van der Waals surface area contributed by atoms with E-state index in [-0.39, 0.29) is 22.4 Å². The Morgan fingerprint density at radius 1 is 0.941 bits per heavy atom. The maximum Gasteiger partial charge on any atom is 0.294 e. The first kappa shape index (κ1) is 22.2. The van der Waals surface area contributed by atoms with Crippen LogP contribution in [0.4, 0.5) is 5.69 Å². The molecule has 0 atom stereocenters. The molecule has 0 amide bonds. The number of rotatable bonds is 2. The minimum absolute atomic E-state index is 0.0917. The van der Waals surface area contributed by atoms with Gasteiger partial charge in [-0.3, -0.25) is 0 Å². The molecule has 0 N–H and O–H groups in total. The average Bonchev–Trinajstić information content (AvgIpc) is 3.15. The van der Waals surface area contributed by atoms with E-state index in [1.807, 2.05) is 0 Å². The minimum Gasteiger partial charge on any atom is -0.360 e. The van der Waals surface area contributed by atoms with Gasteiger partial charge in [-0.05, 0) is 102 Å². The SMILES string of the molecule is CCC1(CC)CCc2cccc3c2-c2n1c1cc4c(cc1[n+]2C(C)(C)N3C)C(C)(C)OC4(C)C. The lowest BCUT2D eigenvalue weighted by Crippen LogP contribution is -2.65. The second kappa shape index (κ2) is 6.46. The van der Waals surface area contributed by atoms with Crippen molar-refractivity contribution in [2.24, 2.45) is 0 Å². The predicted octanol–water partition coefficient (Wildman–Crippen LogP) is 6.70. The maximum atomic E-state index is 6.61. The van der Waals surface area contributed by atoms with Gasteiger partial charge in [-0.15, -0.1) is 0 Å². The normalized spacial score (nSPS) is 22.4. The highest BCUT2D eigenvalue weighted by Gasteiger charge is 2.53. The lowest BCUT2D eigenvalue weighted by molar-refractivity contribution is -0.725. The van der Waals surface area contributed by atoms with Crippen LogP contribution in [0, 0.1) is 0 Å². The number of fused-ring (bicyclic) bond motifs is 4. The lowest BCUT2D eigenvalue weighted by Gasteiger charge is -2.40. The van der Waals surface area contributed by atoms with Gasteiger partial charge in [-0.1, -0.05) is 26.0 Å². The van der Waals surface area contributed by atoms with Crippen molar-refractivity contribution in [3.8, 4) is 11.4 Å². The molecule has 3 aromatic rings. The monoisotopic (exact) mass is 458 g/mol. The van der Waals surface area contributed by atoms with Crippen LogP contribution < -0.4 is 9.47 Å². The highest BCUT2D eigenvalue weighted by Crippen LogP contribution is 2.52. The third-order valence-electron chi connectivity index (χ3n) is 9.56. The van der Waals surface area contributed by atoms with Crippen molar-refractivity contribution in [2.45, 2.75) is 103 Å². The lowest BCUT2D eigenvalue weighted by atomic mass is 9.85. The number of hydrogen-bond donors (Lipinski definition) is 0. The van der Waals surface area contributed by atoms with Crippen LogP contribution in [0.3, 0.4) is 0 Å². The highest BCUT2D eigenvalue weighted by molar-refractivity contribution is 5.86. The van der Waals surface area contributed by atoms with Gasteiger partial charge in [-0.2, -0.15) is 4.57 Å². The van der Waals surface area contributed by atoms with Crippen LogP contribution >= 0.6 is 0 Å². The summed E-state index contributed by atoms with van der Waals surface area (Å²) in [6.07, 6.45) is 4.54. The second-order valence-electron chi connectivity index (χ2n) is 12.3. The van der Waals surface area contributed by atoms with Gasteiger partial charge in [0.1, 0.15) is 5.54 Å². The Morgan fingerprint density at radius 3 is 2.24 bits per heavy atom. The van der Waals surface area contributed by atoms with Gasteiger partial charge in [0.15, 0.2) is 16.7 Å². The molecule has 4 nitrogen and oxygen atoms in total. The number of aryl methyl sites for hydroxylation is 1. The fraction of sp³-hybridized carbons (Fsp3) is 0.567. The van der Waals surface area contributed by atoms with Gasteiger partial charge >= 0.3 is 0 Å². The molecule has 0 saturated heterocycles. The van der Waals surface area contributed by atoms with E-state index in [1.165, 1.54) is 51.2 Å². The first-order valence-electron chi connectivity index (χ1n) is 13.1. The summed E-state index contributed by atoms with van der Waals surface area (Å²) >= 11 is 0. The Labute approximate surface area is 204 Å². The third-order valence-corrected chi connectivity index (χ3v) is 9.56. The van der Waals surface area contributed by atoms with Gasteiger partial charge in [0.2, 0.25) is 0 Å². The minimum atomic E-state index is -0.306. The number of anilines is 1. The number of nitrogens with zero attached hydrogens (tertiary/aromatic N) is 3. The summed E-state index contributed by atoms with van der Waals surface area (Å²) in [5, 5.41) is 0. The van der Waals surface area contributed by atoms with Gasteiger partial charge < -0.3 is 9.64 Å². The molecule has 4 heterocycles. The van der Waals surface area contributed by atoms with E-state index < -0.39 is 0 Å². The van der Waals surface area contributed by atoms with Crippen LogP contribution in [-0.2, 0) is 33.6 Å². The van der Waals surface area contributed by atoms with E-state index in [0.717, 1.165) is 19.3 Å². The number of aromatic nitrogens is 2. The Kier molecular flexibility index (Phi) is 4.21. The van der Waals surface area contributed by atoms with Gasteiger partial charge in [0.25, 0.3) is 5.82 Å². The van der Waals surface area contributed by atoms with Crippen LogP contribution in [-0.4, -0.2) is 11.6 Å². The summed E-state index contributed by atoms with van der Waals surface area (Å²) in [4.78, 5) is 2.48. The van der Waals surface area contributed by atoms with Crippen LogP contribution in [0.25, 0.3) is 22.4 Å². The fourth-order valence-corrected chi connectivity index (χ4v) is 7.44. The fourth-order valence-electron chi connectivity index (χ4n) is 7.44. The molecular weight excluding hydrogens is 418 g/mol. The summed E-state index contributed by atoms with van der Waals surface area (Å²) in [6.45, 7) is 18.4. The summed E-state index contributed by atoms with van der Waals surface area (Å²) in [5.41, 5.74) is 8.90. The van der Waals surface area contributed by atoms with E-state index in [4.69, 9.17) is 4.74 Å². The van der Waals surface area contributed by atoms with E-state index in [9.17, 15) is 0 Å². The molecule has 0 saturated carbocycles. The van der Waals surface area contributed by atoms with E-state index in [0.29, 0.717) is 0 Å². The van der Waals surface area contributed by atoms with E-state index in [2.05, 4.69) is 107 Å². The average molecular weight is 459 g/mol. The van der Waals surface area contributed by atoms with Crippen molar-refractivity contribution in [3.05, 3.63) is 47.0 Å². The van der Waals surface area contributed by atoms with Crippen molar-refractivity contribution in [3.63, 3.8) is 0 Å². The molecule has 0 unspecified atom stereocenters. The smallest absolute Gasteiger partial charge is 0.294 e. The zero-order valence-electron chi connectivity index (χ0n) is 22.5. The molecule has 0 aliphatic carbocycles. The van der Waals surface area contributed by atoms with Crippen LogP contribution in [0.5, 0.6) is 0 Å². The first-order valence-corrected chi connectivity index (χ1v) is 13.1. The number of benzene rings is 2. The van der Waals surface area contributed by atoms with Crippen LogP contribution in [0.1, 0.15) is 91.3 Å². The van der Waals surface area contributed by atoms with Gasteiger partial charge in [0, 0.05) is 7.05 Å².